The van der Waals surface area contributed by atoms with Crippen LogP contribution in [0.15, 0.2) is 61.2 Å². The summed E-state index contributed by atoms with van der Waals surface area (Å²) in [4.78, 5) is 50.2. The molecule has 0 unspecified atom stereocenters. The highest BCUT2D eigenvalue weighted by Gasteiger charge is 2.34. The predicted octanol–water partition coefficient (Wildman–Crippen LogP) is 2.61. The number of benzene rings is 1. The lowest BCUT2D eigenvalue weighted by molar-refractivity contribution is -0.130. The maximum atomic E-state index is 13.3. The molecule has 2 amide bonds. The summed E-state index contributed by atoms with van der Waals surface area (Å²) in [5.41, 5.74) is 2.35. The summed E-state index contributed by atoms with van der Waals surface area (Å²) in [7, 11) is 0. The molecule has 0 bridgehead atoms. The summed E-state index contributed by atoms with van der Waals surface area (Å²) in [5.74, 6) is -0.672. The Morgan fingerprint density at radius 1 is 1.09 bits per heavy atom. The van der Waals surface area contributed by atoms with Crippen molar-refractivity contribution in [3.63, 3.8) is 0 Å². The van der Waals surface area contributed by atoms with Crippen LogP contribution in [0.4, 0.5) is 0 Å². The van der Waals surface area contributed by atoms with Gasteiger partial charge in [-0.15, -0.1) is 0 Å². The van der Waals surface area contributed by atoms with E-state index >= 15 is 0 Å². The summed E-state index contributed by atoms with van der Waals surface area (Å²) in [5, 5.41) is 4.88. The molecule has 1 fully saturated rings. The second kappa shape index (κ2) is 8.58. The number of pyridine rings is 1. The Bertz CT molecular complexity index is 1380. The third kappa shape index (κ3) is 3.64. The van der Waals surface area contributed by atoms with E-state index in [4.69, 9.17) is 0 Å². The Balaban J connectivity index is 1.37. The van der Waals surface area contributed by atoms with Crippen molar-refractivity contribution in [3.05, 3.63) is 77.9 Å². The number of rotatable bonds is 4. The van der Waals surface area contributed by atoms with E-state index in [1.807, 2.05) is 32.0 Å². The molecule has 4 aromatic rings. The van der Waals surface area contributed by atoms with Crippen LogP contribution in [0.5, 0.6) is 0 Å². The highest BCUT2D eigenvalue weighted by Crippen LogP contribution is 2.27. The van der Waals surface area contributed by atoms with Gasteiger partial charge in [-0.1, -0.05) is 18.2 Å². The fourth-order valence-electron chi connectivity index (χ4n) is 4.50. The average Bonchev–Trinajstić information content (AvgIpc) is 3.55. The minimum Gasteiger partial charge on any atom is -0.357 e. The number of nitrogens with one attached hydrogen (secondary N) is 1. The smallest absolute Gasteiger partial charge is 0.295 e. The second-order valence-corrected chi connectivity index (χ2v) is 8.46. The van der Waals surface area contributed by atoms with Crippen molar-refractivity contribution in [2.24, 2.45) is 0 Å². The van der Waals surface area contributed by atoms with E-state index in [0.717, 1.165) is 5.56 Å². The molecular weight excluding hydrogens is 432 g/mol. The molecule has 9 heteroatoms. The number of hydrogen-bond acceptors (Lipinski definition) is 5. The molecule has 0 radical (unpaired) electrons. The molecule has 1 N–H and O–H groups in total. The van der Waals surface area contributed by atoms with Crippen LogP contribution >= 0.6 is 0 Å². The van der Waals surface area contributed by atoms with E-state index in [9.17, 15) is 14.4 Å². The van der Waals surface area contributed by atoms with Gasteiger partial charge in [0.25, 0.3) is 17.6 Å². The maximum absolute atomic E-state index is 13.3. The number of piperazine rings is 1. The van der Waals surface area contributed by atoms with Crippen molar-refractivity contribution >= 4 is 28.5 Å². The van der Waals surface area contributed by atoms with Gasteiger partial charge in [-0.3, -0.25) is 14.4 Å². The number of aromatic nitrogens is 4. The lowest BCUT2D eigenvalue weighted by Crippen LogP contribution is -2.56. The topological polar surface area (TPSA) is 104 Å². The predicted molar refractivity (Wildman–Crippen MR) is 126 cm³/mol. The molecule has 1 saturated heterocycles. The molecule has 1 aromatic carbocycles. The summed E-state index contributed by atoms with van der Waals surface area (Å²) in [6.45, 7) is 4.75. The van der Waals surface area contributed by atoms with Crippen molar-refractivity contribution in [2.75, 3.05) is 19.6 Å². The quantitative estimate of drug-likeness (QED) is 0.376. The molecule has 1 aliphatic heterocycles. The number of fused-ring (bicyclic) bond motifs is 1. The number of ketones is 1. The number of aryl methyl sites for hydroxylation is 1. The van der Waals surface area contributed by atoms with Crippen LogP contribution < -0.4 is 0 Å². The number of Topliss-reactive ketones (excluding diaryl/α,β-unsaturated/α-hetero) is 1. The molecular formula is C25H24N6O3. The minimum absolute atomic E-state index is 0.0724. The number of nitrogens with zero attached hydrogens (tertiary/aromatic N) is 5. The Morgan fingerprint density at radius 3 is 2.59 bits per heavy atom. The van der Waals surface area contributed by atoms with E-state index in [1.165, 1.54) is 0 Å². The highest BCUT2D eigenvalue weighted by molar-refractivity contribution is 6.45. The third-order valence-electron chi connectivity index (χ3n) is 6.24. The Hall–Kier alpha value is -4.27. The molecule has 9 nitrogen and oxygen atoms in total. The first-order valence-electron chi connectivity index (χ1n) is 11.1. The lowest BCUT2D eigenvalue weighted by Gasteiger charge is -2.39. The Morgan fingerprint density at radius 2 is 1.88 bits per heavy atom. The molecule has 34 heavy (non-hydrogen) atoms. The number of aromatic amines is 1. The van der Waals surface area contributed by atoms with E-state index in [0.29, 0.717) is 47.5 Å². The second-order valence-electron chi connectivity index (χ2n) is 8.46. The van der Waals surface area contributed by atoms with Crippen molar-refractivity contribution < 1.29 is 14.4 Å². The van der Waals surface area contributed by atoms with Gasteiger partial charge in [0, 0.05) is 61.4 Å². The van der Waals surface area contributed by atoms with Crippen LogP contribution in [0.1, 0.15) is 33.2 Å². The summed E-state index contributed by atoms with van der Waals surface area (Å²) in [6, 6.07) is 10.6. The maximum Gasteiger partial charge on any atom is 0.295 e. The van der Waals surface area contributed by atoms with E-state index in [1.54, 1.807) is 57.5 Å². The van der Waals surface area contributed by atoms with Crippen LogP contribution in [0.3, 0.4) is 0 Å². The molecule has 0 saturated carbocycles. The summed E-state index contributed by atoms with van der Waals surface area (Å²) < 4.78 is 1.61. The normalized spacial score (nSPS) is 16.1. The van der Waals surface area contributed by atoms with Gasteiger partial charge in [0.2, 0.25) is 0 Å². The molecule has 4 heterocycles. The molecule has 0 spiro atoms. The van der Waals surface area contributed by atoms with Crippen molar-refractivity contribution in [1.29, 1.82) is 0 Å². The average molecular weight is 457 g/mol. The molecule has 3 aromatic heterocycles. The van der Waals surface area contributed by atoms with Crippen LogP contribution in [0.25, 0.3) is 16.7 Å². The van der Waals surface area contributed by atoms with Gasteiger partial charge in [0.15, 0.2) is 5.82 Å². The standard InChI is InChI=1S/C25H24N6O3/c1-16-13-27-23(31-10-6-9-28-31)21-20(16)19(14-26-21)22(32)25(34)30-12-11-29(15-17(30)2)24(33)18-7-4-3-5-8-18/h3-10,13-14,17,26H,11-12,15H2,1-2H3/t17-/m1/s1. The fourth-order valence-corrected chi connectivity index (χ4v) is 4.50. The van der Waals surface area contributed by atoms with Crippen molar-refractivity contribution in [2.45, 2.75) is 19.9 Å². The van der Waals surface area contributed by atoms with E-state index < -0.39 is 11.7 Å². The largest absolute Gasteiger partial charge is 0.357 e. The van der Waals surface area contributed by atoms with Crippen molar-refractivity contribution in [3.8, 4) is 5.82 Å². The number of amides is 2. The third-order valence-corrected chi connectivity index (χ3v) is 6.24. The van der Waals surface area contributed by atoms with Gasteiger partial charge in [0.05, 0.1) is 11.1 Å². The van der Waals surface area contributed by atoms with Crippen LogP contribution in [0, 0.1) is 6.92 Å². The van der Waals surface area contributed by atoms with Gasteiger partial charge in [0.1, 0.15) is 0 Å². The molecule has 5 rings (SSSR count). The SMILES string of the molecule is Cc1cnc(-n2cccn2)c2[nH]cc(C(=O)C(=O)N3CCN(C(=O)c4ccccc4)C[C@H]3C)c12. The van der Waals surface area contributed by atoms with Gasteiger partial charge in [-0.25, -0.2) is 9.67 Å². The van der Waals surface area contributed by atoms with Gasteiger partial charge in [-0.05, 0) is 37.6 Å². The number of carbonyl (C=O) groups is 3. The fraction of sp³-hybridized carbons (Fsp3) is 0.240. The summed E-state index contributed by atoms with van der Waals surface area (Å²) >= 11 is 0. The van der Waals surface area contributed by atoms with Crippen LogP contribution in [-0.2, 0) is 4.79 Å². The van der Waals surface area contributed by atoms with Gasteiger partial charge < -0.3 is 14.8 Å². The lowest BCUT2D eigenvalue weighted by atomic mass is 10.0. The van der Waals surface area contributed by atoms with Crippen LogP contribution in [-0.4, -0.2) is 72.8 Å². The highest BCUT2D eigenvalue weighted by atomic mass is 16.2. The number of carbonyl (C=O) groups excluding carboxylic acids is 3. The van der Waals surface area contributed by atoms with E-state index in [-0.39, 0.29) is 11.9 Å². The van der Waals surface area contributed by atoms with Gasteiger partial charge in [-0.2, -0.15) is 5.10 Å². The number of H-pyrrole nitrogens is 1. The monoisotopic (exact) mass is 456 g/mol. The summed E-state index contributed by atoms with van der Waals surface area (Å²) in [6.07, 6.45) is 6.65. The molecule has 0 aliphatic carbocycles. The minimum atomic E-state index is -0.582. The molecule has 1 atom stereocenters. The van der Waals surface area contributed by atoms with Crippen LogP contribution in [0.2, 0.25) is 0 Å². The van der Waals surface area contributed by atoms with Gasteiger partial charge >= 0.3 is 0 Å². The molecule has 172 valence electrons. The number of hydrogen-bond donors (Lipinski definition) is 1. The first kappa shape index (κ1) is 21.6. The zero-order chi connectivity index (χ0) is 23.8. The van der Waals surface area contributed by atoms with Crippen molar-refractivity contribution in [1.82, 2.24) is 29.5 Å². The first-order chi connectivity index (χ1) is 16.5. The Kier molecular flexibility index (Phi) is 5.45. The zero-order valence-corrected chi connectivity index (χ0v) is 18.9. The van der Waals surface area contributed by atoms with E-state index in [2.05, 4.69) is 15.1 Å². The zero-order valence-electron chi connectivity index (χ0n) is 18.9. The molecule has 1 aliphatic rings. The first-order valence-corrected chi connectivity index (χ1v) is 11.1. The Labute approximate surface area is 196 Å².